The Morgan fingerprint density at radius 3 is 2.35 bits per heavy atom. The summed E-state index contributed by atoms with van der Waals surface area (Å²) in [6.07, 6.45) is 2.29. The fraction of sp³-hybridized carbons (Fsp3) is 0.625. The van der Waals surface area contributed by atoms with Crippen LogP contribution in [0.15, 0.2) is 17.3 Å². The molecule has 0 atom stereocenters. The fourth-order valence-corrected chi connectivity index (χ4v) is 2.62. The molecule has 0 amide bonds. The molecule has 1 aromatic rings. The molecule has 0 saturated carbocycles. The number of halogens is 1. The zero-order valence-electron chi connectivity index (χ0n) is 9.37. The Hall–Kier alpha value is -0.600. The maximum Gasteiger partial charge on any atom is 0.264 e. The van der Waals surface area contributed by atoms with Crippen LogP contribution in [-0.2, 0) is 25.4 Å². The van der Waals surface area contributed by atoms with Gasteiger partial charge in [0.15, 0.2) is 9.84 Å². The first-order valence-electron chi connectivity index (χ1n) is 4.81. The highest BCUT2D eigenvalue weighted by molar-refractivity contribution is 8.13. The summed E-state index contributed by atoms with van der Waals surface area (Å²) in [4.78, 5) is -0.138. The van der Waals surface area contributed by atoms with Crippen molar-refractivity contribution in [2.75, 3.05) is 5.75 Å². The van der Waals surface area contributed by atoms with Gasteiger partial charge in [0.05, 0.1) is 23.7 Å². The fourth-order valence-electron chi connectivity index (χ4n) is 1.05. The molecule has 0 aromatic carbocycles. The SMILES string of the molecule is CC(C)S(=O)(=O)CCn1cc(S(=O)(=O)Cl)cn1. The van der Waals surface area contributed by atoms with E-state index < -0.39 is 24.1 Å². The number of nitrogens with zero attached hydrogens (tertiary/aromatic N) is 2. The van der Waals surface area contributed by atoms with Crippen molar-refractivity contribution in [1.29, 1.82) is 0 Å². The minimum absolute atomic E-state index is 0.0892. The van der Waals surface area contributed by atoms with E-state index >= 15 is 0 Å². The number of sulfone groups is 1. The number of aromatic nitrogens is 2. The molecule has 0 aliphatic heterocycles. The highest BCUT2D eigenvalue weighted by atomic mass is 35.7. The lowest BCUT2D eigenvalue weighted by molar-refractivity contribution is 0.572. The molecule has 1 aromatic heterocycles. The predicted octanol–water partition coefficient (Wildman–Crippen LogP) is 0.634. The van der Waals surface area contributed by atoms with Crippen molar-refractivity contribution in [1.82, 2.24) is 9.78 Å². The van der Waals surface area contributed by atoms with Crippen LogP contribution in [0.4, 0.5) is 0 Å². The molecular weight excluding hydrogens is 288 g/mol. The maximum atomic E-state index is 11.5. The normalized spacial score (nSPS) is 13.2. The monoisotopic (exact) mass is 300 g/mol. The van der Waals surface area contributed by atoms with Crippen molar-refractivity contribution in [3.8, 4) is 0 Å². The van der Waals surface area contributed by atoms with Gasteiger partial charge in [-0.25, -0.2) is 16.8 Å². The summed E-state index contributed by atoms with van der Waals surface area (Å²) >= 11 is 0. The second-order valence-corrected chi connectivity index (χ2v) is 9.04. The van der Waals surface area contributed by atoms with E-state index in [1.54, 1.807) is 13.8 Å². The van der Waals surface area contributed by atoms with Crippen molar-refractivity contribution in [3.05, 3.63) is 12.4 Å². The van der Waals surface area contributed by atoms with Gasteiger partial charge in [-0.2, -0.15) is 5.10 Å². The number of hydrogen-bond acceptors (Lipinski definition) is 5. The lowest BCUT2D eigenvalue weighted by atomic mass is 10.6. The molecule has 9 heteroatoms. The van der Waals surface area contributed by atoms with E-state index in [1.165, 1.54) is 10.9 Å². The zero-order valence-corrected chi connectivity index (χ0v) is 11.8. The van der Waals surface area contributed by atoms with Gasteiger partial charge >= 0.3 is 0 Å². The van der Waals surface area contributed by atoms with Crippen LogP contribution in [0.5, 0.6) is 0 Å². The molecule has 0 radical (unpaired) electrons. The zero-order chi connectivity index (χ0) is 13.3. The van der Waals surface area contributed by atoms with Gasteiger partial charge in [0, 0.05) is 16.9 Å². The van der Waals surface area contributed by atoms with Crippen LogP contribution in [-0.4, -0.2) is 37.6 Å². The van der Waals surface area contributed by atoms with Crippen molar-refractivity contribution in [2.24, 2.45) is 0 Å². The second-order valence-electron chi connectivity index (χ2n) is 3.79. The summed E-state index contributed by atoms with van der Waals surface area (Å²) in [6, 6.07) is 0. The first kappa shape index (κ1) is 14.5. The molecule has 0 unspecified atom stereocenters. The van der Waals surface area contributed by atoms with Crippen LogP contribution in [0, 0.1) is 0 Å². The van der Waals surface area contributed by atoms with E-state index in [4.69, 9.17) is 10.7 Å². The molecule has 17 heavy (non-hydrogen) atoms. The molecule has 0 aliphatic carbocycles. The van der Waals surface area contributed by atoms with Gasteiger partial charge in [-0.1, -0.05) is 0 Å². The first-order valence-corrected chi connectivity index (χ1v) is 8.84. The maximum absolute atomic E-state index is 11.5. The molecule has 0 fully saturated rings. The molecule has 1 heterocycles. The Kier molecular flexibility index (Phi) is 4.21. The second kappa shape index (κ2) is 4.95. The molecule has 0 aliphatic rings. The van der Waals surface area contributed by atoms with E-state index in [0.717, 1.165) is 6.20 Å². The van der Waals surface area contributed by atoms with E-state index in [2.05, 4.69) is 5.10 Å². The van der Waals surface area contributed by atoms with Crippen molar-refractivity contribution < 1.29 is 16.8 Å². The Balaban J connectivity index is 2.76. The topological polar surface area (TPSA) is 86.1 Å². The average molecular weight is 301 g/mol. The molecule has 98 valence electrons. The Morgan fingerprint density at radius 1 is 1.35 bits per heavy atom. The molecule has 0 spiro atoms. The minimum atomic E-state index is -3.81. The lowest BCUT2D eigenvalue weighted by Crippen LogP contribution is -2.21. The van der Waals surface area contributed by atoms with Gasteiger partial charge < -0.3 is 0 Å². The number of aryl methyl sites for hydroxylation is 1. The van der Waals surface area contributed by atoms with Gasteiger partial charge in [-0.05, 0) is 13.8 Å². The van der Waals surface area contributed by atoms with Crippen LogP contribution in [0.1, 0.15) is 13.8 Å². The van der Waals surface area contributed by atoms with Crippen molar-refractivity contribution in [3.63, 3.8) is 0 Å². The molecule has 6 nitrogen and oxygen atoms in total. The quantitative estimate of drug-likeness (QED) is 0.745. The smallest absolute Gasteiger partial charge is 0.264 e. The highest BCUT2D eigenvalue weighted by Crippen LogP contribution is 2.13. The van der Waals surface area contributed by atoms with Crippen LogP contribution in [0.25, 0.3) is 0 Å². The first-order chi connectivity index (χ1) is 7.63. The third-order valence-electron chi connectivity index (χ3n) is 2.21. The molecule has 0 bridgehead atoms. The summed E-state index contributed by atoms with van der Waals surface area (Å²) in [5, 5.41) is 3.27. The Morgan fingerprint density at radius 2 is 1.94 bits per heavy atom. The van der Waals surface area contributed by atoms with Gasteiger partial charge in [0.1, 0.15) is 4.90 Å². The Labute approximate surface area is 105 Å². The average Bonchev–Trinajstić information content (AvgIpc) is 2.62. The summed E-state index contributed by atoms with van der Waals surface area (Å²) in [7, 11) is -1.87. The summed E-state index contributed by atoms with van der Waals surface area (Å²) < 4.78 is 46.2. The Bertz CT molecular complexity index is 589. The molecule has 1 rings (SSSR count). The van der Waals surface area contributed by atoms with Gasteiger partial charge in [0.2, 0.25) is 0 Å². The van der Waals surface area contributed by atoms with Crippen LogP contribution >= 0.6 is 10.7 Å². The summed E-state index contributed by atoms with van der Waals surface area (Å²) in [6.45, 7) is 3.28. The van der Waals surface area contributed by atoms with Gasteiger partial charge in [0.25, 0.3) is 9.05 Å². The van der Waals surface area contributed by atoms with Crippen LogP contribution in [0.2, 0.25) is 0 Å². The molecule has 0 N–H and O–H groups in total. The van der Waals surface area contributed by atoms with E-state index in [0.29, 0.717) is 0 Å². The number of hydrogen-bond donors (Lipinski definition) is 0. The predicted molar refractivity (Wildman–Crippen MR) is 64.2 cm³/mol. The standard InChI is InChI=1S/C8H13ClN2O4S2/c1-7(2)16(12,13)4-3-11-6-8(5-10-11)17(9,14)15/h5-7H,3-4H2,1-2H3. The van der Waals surface area contributed by atoms with Crippen LogP contribution in [0.3, 0.4) is 0 Å². The minimum Gasteiger partial charge on any atom is -0.270 e. The van der Waals surface area contributed by atoms with E-state index in [-0.39, 0.29) is 17.2 Å². The van der Waals surface area contributed by atoms with Crippen molar-refractivity contribution >= 4 is 29.6 Å². The summed E-state index contributed by atoms with van der Waals surface area (Å²) in [5.41, 5.74) is 0. The van der Waals surface area contributed by atoms with Crippen molar-refractivity contribution in [2.45, 2.75) is 30.5 Å². The largest absolute Gasteiger partial charge is 0.270 e. The molecular formula is C8H13ClN2O4S2. The third kappa shape index (κ3) is 3.97. The molecule has 0 saturated heterocycles. The number of rotatable bonds is 5. The van der Waals surface area contributed by atoms with Gasteiger partial charge in [-0.3, -0.25) is 4.68 Å². The highest BCUT2D eigenvalue weighted by Gasteiger charge is 2.17. The third-order valence-corrected chi connectivity index (χ3v) is 5.71. The van der Waals surface area contributed by atoms with E-state index in [9.17, 15) is 16.8 Å². The van der Waals surface area contributed by atoms with Gasteiger partial charge in [-0.15, -0.1) is 0 Å². The lowest BCUT2D eigenvalue weighted by Gasteiger charge is -2.07. The van der Waals surface area contributed by atoms with Crippen LogP contribution < -0.4 is 0 Å². The van der Waals surface area contributed by atoms with E-state index in [1.807, 2.05) is 0 Å². The summed E-state index contributed by atoms with van der Waals surface area (Å²) in [5.74, 6) is -0.0892.